The molecule has 0 aliphatic carbocycles. The Labute approximate surface area is 106 Å². The van der Waals surface area contributed by atoms with Crippen molar-refractivity contribution in [1.29, 1.82) is 0 Å². The molecule has 0 amide bonds. The zero-order valence-corrected chi connectivity index (χ0v) is 11.0. The van der Waals surface area contributed by atoms with Gasteiger partial charge in [0, 0.05) is 10.6 Å². The standard InChI is InChI=1S/C13H18O3S/c1-10(2)13(14)16-8-9-17-12-7-5-4-6-11(12)15-3/h4-7,13-14H,1,8-9H2,2-3H3. The molecule has 0 aliphatic rings. The van der Waals surface area contributed by atoms with Crippen molar-refractivity contribution in [2.24, 2.45) is 0 Å². The molecule has 0 bridgehead atoms. The van der Waals surface area contributed by atoms with E-state index in [1.54, 1.807) is 25.8 Å². The maximum atomic E-state index is 9.37. The number of rotatable bonds is 7. The Hall–Kier alpha value is -0.970. The van der Waals surface area contributed by atoms with Crippen LogP contribution in [0.15, 0.2) is 41.3 Å². The Balaban J connectivity index is 2.33. The van der Waals surface area contributed by atoms with E-state index in [1.165, 1.54) is 0 Å². The third kappa shape index (κ3) is 4.81. The zero-order chi connectivity index (χ0) is 12.7. The van der Waals surface area contributed by atoms with Crippen molar-refractivity contribution in [1.82, 2.24) is 0 Å². The molecule has 0 aromatic heterocycles. The van der Waals surface area contributed by atoms with Crippen LogP contribution in [0.5, 0.6) is 5.75 Å². The van der Waals surface area contributed by atoms with Gasteiger partial charge in [-0.1, -0.05) is 18.7 Å². The molecule has 3 nitrogen and oxygen atoms in total. The highest BCUT2D eigenvalue weighted by atomic mass is 32.2. The molecule has 0 fully saturated rings. The second-order valence-electron chi connectivity index (χ2n) is 3.57. The molecule has 1 aromatic carbocycles. The fourth-order valence-electron chi connectivity index (χ4n) is 1.19. The number of thioether (sulfide) groups is 1. The van der Waals surface area contributed by atoms with Crippen LogP contribution in [0, 0.1) is 0 Å². The Morgan fingerprint density at radius 1 is 1.47 bits per heavy atom. The van der Waals surface area contributed by atoms with Gasteiger partial charge in [0.15, 0.2) is 6.29 Å². The summed E-state index contributed by atoms with van der Waals surface area (Å²) in [5, 5.41) is 9.37. The molecule has 0 spiro atoms. The quantitative estimate of drug-likeness (QED) is 0.351. The van der Waals surface area contributed by atoms with Gasteiger partial charge in [-0.05, 0) is 24.6 Å². The molecule has 1 aromatic rings. The molecular weight excluding hydrogens is 236 g/mol. The normalized spacial score (nSPS) is 12.2. The van der Waals surface area contributed by atoms with Crippen molar-refractivity contribution in [2.75, 3.05) is 19.5 Å². The predicted octanol–water partition coefficient (Wildman–Crippen LogP) is 2.70. The summed E-state index contributed by atoms with van der Waals surface area (Å²) in [4.78, 5) is 1.07. The maximum absolute atomic E-state index is 9.37. The van der Waals surface area contributed by atoms with Gasteiger partial charge < -0.3 is 14.6 Å². The van der Waals surface area contributed by atoms with Crippen LogP contribution in [0.3, 0.4) is 0 Å². The molecule has 1 atom stereocenters. The Morgan fingerprint density at radius 2 is 2.18 bits per heavy atom. The molecule has 17 heavy (non-hydrogen) atoms. The summed E-state index contributed by atoms with van der Waals surface area (Å²) in [6, 6.07) is 7.82. The number of hydrogen-bond donors (Lipinski definition) is 1. The number of ether oxygens (including phenoxy) is 2. The van der Waals surface area contributed by atoms with Crippen LogP contribution >= 0.6 is 11.8 Å². The monoisotopic (exact) mass is 254 g/mol. The fourth-order valence-corrected chi connectivity index (χ4v) is 2.06. The van der Waals surface area contributed by atoms with Gasteiger partial charge in [0.05, 0.1) is 13.7 Å². The fraction of sp³-hybridized carbons (Fsp3) is 0.385. The molecule has 1 unspecified atom stereocenters. The largest absolute Gasteiger partial charge is 0.496 e. The molecule has 1 rings (SSSR count). The van der Waals surface area contributed by atoms with E-state index in [2.05, 4.69) is 6.58 Å². The van der Waals surface area contributed by atoms with Crippen molar-refractivity contribution in [3.05, 3.63) is 36.4 Å². The molecular formula is C13H18O3S. The van der Waals surface area contributed by atoms with Crippen LogP contribution in [0.25, 0.3) is 0 Å². The van der Waals surface area contributed by atoms with E-state index in [0.717, 1.165) is 16.4 Å². The number of para-hydroxylation sites is 1. The van der Waals surface area contributed by atoms with Crippen LogP contribution < -0.4 is 4.74 Å². The first-order valence-corrected chi connectivity index (χ1v) is 6.34. The average molecular weight is 254 g/mol. The third-order valence-corrected chi connectivity index (χ3v) is 3.13. The van der Waals surface area contributed by atoms with Crippen molar-refractivity contribution in [3.63, 3.8) is 0 Å². The number of benzene rings is 1. The van der Waals surface area contributed by atoms with E-state index in [9.17, 15) is 5.11 Å². The van der Waals surface area contributed by atoms with Crippen molar-refractivity contribution in [2.45, 2.75) is 18.1 Å². The van der Waals surface area contributed by atoms with Crippen LogP contribution in [0.4, 0.5) is 0 Å². The van der Waals surface area contributed by atoms with E-state index < -0.39 is 6.29 Å². The summed E-state index contributed by atoms with van der Waals surface area (Å²) in [5.74, 6) is 1.61. The maximum Gasteiger partial charge on any atom is 0.176 e. The van der Waals surface area contributed by atoms with E-state index in [4.69, 9.17) is 9.47 Å². The second-order valence-corrected chi connectivity index (χ2v) is 4.71. The highest BCUT2D eigenvalue weighted by Gasteiger charge is 2.05. The van der Waals surface area contributed by atoms with Crippen LogP contribution in [-0.4, -0.2) is 30.9 Å². The molecule has 4 heteroatoms. The first-order valence-electron chi connectivity index (χ1n) is 5.36. The van der Waals surface area contributed by atoms with Crippen LogP contribution in [-0.2, 0) is 4.74 Å². The van der Waals surface area contributed by atoms with E-state index in [1.807, 2.05) is 24.3 Å². The third-order valence-electron chi connectivity index (χ3n) is 2.11. The van der Waals surface area contributed by atoms with Gasteiger partial charge in [-0.2, -0.15) is 0 Å². The summed E-state index contributed by atoms with van der Waals surface area (Å²) in [6.07, 6.45) is -0.867. The first-order chi connectivity index (χ1) is 8.15. The highest BCUT2D eigenvalue weighted by Crippen LogP contribution is 2.28. The van der Waals surface area contributed by atoms with Gasteiger partial charge in [0.25, 0.3) is 0 Å². The van der Waals surface area contributed by atoms with Gasteiger partial charge in [0.2, 0.25) is 0 Å². The number of methoxy groups -OCH3 is 1. The minimum absolute atomic E-state index is 0.469. The Morgan fingerprint density at radius 3 is 2.82 bits per heavy atom. The van der Waals surface area contributed by atoms with Crippen molar-refractivity contribution in [3.8, 4) is 5.75 Å². The zero-order valence-electron chi connectivity index (χ0n) is 10.2. The minimum Gasteiger partial charge on any atom is -0.496 e. The Kier molecular flexibility index (Phi) is 6.11. The lowest BCUT2D eigenvalue weighted by Gasteiger charge is -2.12. The van der Waals surface area contributed by atoms with Crippen molar-refractivity contribution >= 4 is 11.8 Å². The summed E-state index contributed by atoms with van der Waals surface area (Å²) < 4.78 is 10.4. The molecule has 0 radical (unpaired) electrons. The van der Waals surface area contributed by atoms with Gasteiger partial charge in [0.1, 0.15) is 5.75 Å². The summed E-state index contributed by atoms with van der Waals surface area (Å²) in [6.45, 7) is 5.82. The summed E-state index contributed by atoms with van der Waals surface area (Å²) in [7, 11) is 1.65. The molecule has 94 valence electrons. The van der Waals surface area contributed by atoms with Crippen molar-refractivity contribution < 1.29 is 14.6 Å². The van der Waals surface area contributed by atoms with E-state index >= 15 is 0 Å². The van der Waals surface area contributed by atoms with Gasteiger partial charge in [-0.3, -0.25) is 0 Å². The lowest BCUT2D eigenvalue weighted by Crippen LogP contribution is -2.14. The topological polar surface area (TPSA) is 38.7 Å². The summed E-state index contributed by atoms with van der Waals surface area (Å²) >= 11 is 1.63. The highest BCUT2D eigenvalue weighted by molar-refractivity contribution is 7.99. The van der Waals surface area contributed by atoms with E-state index in [0.29, 0.717) is 12.2 Å². The number of aliphatic hydroxyl groups is 1. The molecule has 0 saturated heterocycles. The smallest absolute Gasteiger partial charge is 0.176 e. The van der Waals surface area contributed by atoms with Crippen LogP contribution in [0.1, 0.15) is 6.92 Å². The average Bonchev–Trinajstić information content (AvgIpc) is 2.34. The molecule has 0 saturated carbocycles. The van der Waals surface area contributed by atoms with Gasteiger partial charge >= 0.3 is 0 Å². The number of hydrogen-bond acceptors (Lipinski definition) is 4. The first kappa shape index (κ1) is 14.1. The van der Waals surface area contributed by atoms with Gasteiger partial charge in [-0.15, -0.1) is 11.8 Å². The SMILES string of the molecule is C=C(C)C(O)OCCSc1ccccc1OC. The number of aliphatic hydroxyl groups excluding tert-OH is 1. The lowest BCUT2D eigenvalue weighted by atomic mass is 10.3. The Bertz CT molecular complexity index is 365. The predicted molar refractivity (Wildman–Crippen MR) is 70.5 cm³/mol. The van der Waals surface area contributed by atoms with E-state index in [-0.39, 0.29) is 0 Å². The molecule has 0 heterocycles. The minimum atomic E-state index is -0.867. The van der Waals surface area contributed by atoms with Gasteiger partial charge in [-0.25, -0.2) is 0 Å². The molecule has 1 N–H and O–H groups in total. The summed E-state index contributed by atoms with van der Waals surface area (Å²) in [5.41, 5.74) is 0.618. The lowest BCUT2D eigenvalue weighted by molar-refractivity contribution is -0.0655. The van der Waals surface area contributed by atoms with Crippen LogP contribution in [0.2, 0.25) is 0 Å². The molecule has 0 aliphatic heterocycles. The second kappa shape index (κ2) is 7.37.